The number of urea groups is 1. The molecule has 4 N–H and O–H groups in total. The highest BCUT2D eigenvalue weighted by Gasteiger charge is 2.27. The summed E-state index contributed by atoms with van der Waals surface area (Å²) in [7, 11) is 0. The molecule has 174 valence electrons. The fourth-order valence-corrected chi connectivity index (χ4v) is 2.65. The summed E-state index contributed by atoms with van der Waals surface area (Å²) in [5.74, 6) is 0.331. The van der Waals surface area contributed by atoms with Crippen molar-refractivity contribution in [3.05, 3.63) is 0 Å². The van der Waals surface area contributed by atoms with Crippen molar-refractivity contribution in [2.45, 2.75) is 65.5 Å². The maximum Gasteiger partial charge on any atom is 0.407 e. The Morgan fingerprint density at radius 3 is 2.50 bits per heavy atom. The third-order valence-electron chi connectivity index (χ3n) is 4.01. The van der Waals surface area contributed by atoms with Crippen LogP contribution in [-0.4, -0.2) is 73.3 Å². The first-order valence-corrected chi connectivity index (χ1v) is 10.3. The summed E-state index contributed by atoms with van der Waals surface area (Å²) in [4.78, 5) is 40.8. The minimum Gasteiger partial charge on any atom is -0.444 e. The fourth-order valence-electron chi connectivity index (χ4n) is 2.65. The predicted molar refractivity (Wildman–Crippen MR) is 127 cm³/mol. The number of halogens is 1. The average molecular weight is 540 g/mol. The SMILES string of the molecule is CCCCC(CNC(=O)OC(C)(C)C)NC(=NCCN1C(=O)CNC1=O)NCC.I. The van der Waals surface area contributed by atoms with E-state index in [0.29, 0.717) is 19.0 Å². The maximum atomic E-state index is 11.9. The number of nitrogens with one attached hydrogen (secondary N) is 4. The molecule has 0 aromatic heterocycles. The molecule has 1 unspecified atom stereocenters. The smallest absolute Gasteiger partial charge is 0.407 e. The molecular formula is C19H37IN6O4. The van der Waals surface area contributed by atoms with Gasteiger partial charge in [0.1, 0.15) is 5.60 Å². The van der Waals surface area contributed by atoms with Gasteiger partial charge < -0.3 is 26.0 Å². The molecule has 1 saturated heterocycles. The van der Waals surface area contributed by atoms with Gasteiger partial charge in [-0.2, -0.15) is 0 Å². The number of carbonyl (C=O) groups is 3. The molecule has 11 heteroatoms. The highest BCUT2D eigenvalue weighted by atomic mass is 127. The van der Waals surface area contributed by atoms with Crippen molar-refractivity contribution in [3.63, 3.8) is 0 Å². The maximum absolute atomic E-state index is 11.9. The zero-order chi connectivity index (χ0) is 21.9. The second kappa shape index (κ2) is 14.3. The van der Waals surface area contributed by atoms with Crippen LogP contribution in [0.3, 0.4) is 0 Å². The Balaban J connectivity index is 0.00000841. The molecule has 1 aliphatic rings. The molecule has 0 aromatic carbocycles. The largest absolute Gasteiger partial charge is 0.444 e. The molecule has 0 aliphatic carbocycles. The van der Waals surface area contributed by atoms with Crippen LogP contribution in [0, 0.1) is 0 Å². The number of carbonyl (C=O) groups excluding carboxylic acids is 3. The van der Waals surface area contributed by atoms with Gasteiger partial charge in [-0.15, -0.1) is 24.0 Å². The molecule has 1 fully saturated rings. The van der Waals surface area contributed by atoms with E-state index in [1.807, 2.05) is 27.7 Å². The third kappa shape index (κ3) is 11.4. The van der Waals surface area contributed by atoms with Crippen LogP contribution in [0.4, 0.5) is 9.59 Å². The first-order chi connectivity index (χ1) is 13.7. The number of aliphatic imine (C=N–C) groups is 1. The normalized spacial score (nSPS) is 15.2. The number of unbranched alkanes of at least 4 members (excludes halogenated alkanes) is 1. The van der Waals surface area contributed by atoms with E-state index in [1.165, 1.54) is 0 Å². The Morgan fingerprint density at radius 1 is 1.27 bits per heavy atom. The Labute approximate surface area is 196 Å². The monoisotopic (exact) mass is 540 g/mol. The lowest BCUT2D eigenvalue weighted by molar-refractivity contribution is -0.124. The van der Waals surface area contributed by atoms with E-state index < -0.39 is 11.7 Å². The van der Waals surface area contributed by atoms with Gasteiger partial charge in [-0.3, -0.25) is 14.7 Å². The Bertz CT molecular complexity index is 578. The second-order valence-corrected chi connectivity index (χ2v) is 7.83. The summed E-state index contributed by atoms with van der Waals surface area (Å²) < 4.78 is 5.29. The molecule has 1 aliphatic heterocycles. The van der Waals surface area contributed by atoms with Gasteiger partial charge in [0.25, 0.3) is 0 Å². The molecule has 0 saturated carbocycles. The van der Waals surface area contributed by atoms with E-state index in [2.05, 4.69) is 33.2 Å². The van der Waals surface area contributed by atoms with Crippen molar-refractivity contribution < 1.29 is 19.1 Å². The van der Waals surface area contributed by atoms with Gasteiger partial charge in [-0.25, -0.2) is 9.59 Å². The van der Waals surface area contributed by atoms with Crippen LogP contribution in [0.5, 0.6) is 0 Å². The second-order valence-electron chi connectivity index (χ2n) is 7.83. The van der Waals surface area contributed by atoms with E-state index in [1.54, 1.807) is 0 Å². The average Bonchev–Trinajstić information content (AvgIpc) is 2.94. The first kappa shape index (κ1) is 28.2. The van der Waals surface area contributed by atoms with Gasteiger partial charge in [-0.05, 0) is 34.1 Å². The van der Waals surface area contributed by atoms with E-state index in [4.69, 9.17) is 4.74 Å². The summed E-state index contributed by atoms with van der Waals surface area (Å²) in [6.45, 7) is 11.1. The van der Waals surface area contributed by atoms with Crippen molar-refractivity contribution in [1.82, 2.24) is 26.2 Å². The molecular weight excluding hydrogens is 503 g/mol. The van der Waals surface area contributed by atoms with Gasteiger partial charge in [0, 0.05) is 19.1 Å². The zero-order valence-corrected chi connectivity index (χ0v) is 21.0. The molecule has 30 heavy (non-hydrogen) atoms. The Morgan fingerprint density at radius 2 is 1.97 bits per heavy atom. The van der Waals surface area contributed by atoms with Crippen LogP contribution in [0.15, 0.2) is 4.99 Å². The summed E-state index contributed by atoms with van der Waals surface area (Å²) in [6.07, 6.45) is 2.42. The van der Waals surface area contributed by atoms with E-state index in [-0.39, 0.29) is 61.6 Å². The zero-order valence-electron chi connectivity index (χ0n) is 18.7. The molecule has 0 bridgehead atoms. The molecule has 10 nitrogen and oxygen atoms in total. The van der Waals surface area contributed by atoms with Crippen molar-refractivity contribution >= 4 is 48.0 Å². The number of rotatable bonds is 10. The molecule has 0 spiro atoms. The van der Waals surface area contributed by atoms with Crippen LogP contribution in [0.25, 0.3) is 0 Å². The summed E-state index contributed by atoms with van der Waals surface area (Å²) >= 11 is 0. The highest BCUT2D eigenvalue weighted by molar-refractivity contribution is 14.0. The topological polar surface area (TPSA) is 124 Å². The first-order valence-electron chi connectivity index (χ1n) is 10.3. The molecule has 1 rings (SSSR count). The summed E-state index contributed by atoms with van der Waals surface area (Å²) in [5, 5.41) is 11.8. The molecule has 1 heterocycles. The van der Waals surface area contributed by atoms with E-state index in [9.17, 15) is 14.4 Å². The van der Waals surface area contributed by atoms with Gasteiger partial charge in [0.15, 0.2) is 5.96 Å². The van der Waals surface area contributed by atoms with E-state index in [0.717, 1.165) is 24.2 Å². The number of amides is 4. The molecule has 0 radical (unpaired) electrons. The van der Waals surface area contributed by atoms with Gasteiger partial charge >= 0.3 is 12.1 Å². The third-order valence-corrected chi connectivity index (χ3v) is 4.01. The minimum absolute atomic E-state index is 0. The number of nitrogens with zero attached hydrogens (tertiary/aromatic N) is 2. The van der Waals surface area contributed by atoms with Crippen molar-refractivity contribution in [2.75, 3.05) is 32.7 Å². The van der Waals surface area contributed by atoms with Crippen molar-refractivity contribution in [2.24, 2.45) is 4.99 Å². The van der Waals surface area contributed by atoms with Gasteiger partial charge in [0.2, 0.25) is 5.91 Å². The van der Waals surface area contributed by atoms with E-state index >= 15 is 0 Å². The van der Waals surface area contributed by atoms with Crippen LogP contribution >= 0.6 is 24.0 Å². The number of hydrogen-bond donors (Lipinski definition) is 4. The highest BCUT2D eigenvalue weighted by Crippen LogP contribution is 2.07. The number of hydrogen-bond acceptors (Lipinski definition) is 5. The number of guanidine groups is 1. The number of alkyl carbamates (subject to hydrolysis) is 1. The van der Waals surface area contributed by atoms with Crippen LogP contribution < -0.4 is 21.3 Å². The summed E-state index contributed by atoms with van der Waals surface area (Å²) in [6, 6.07) is -0.414. The molecule has 4 amide bonds. The van der Waals surface area contributed by atoms with Crippen LogP contribution in [0.1, 0.15) is 53.9 Å². The molecule has 1 atom stereocenters. The lowest BCUT2D eigenvalue weighted by atomic mass is 10.1. The summed E-state index contributed by atoms with van der Waals surface area (Å²) in [5.41, 5.74) is -0.549. The van der Waals surface area contributed by atoms with Crippen LogP contribution in [-0.2, 0) is 9.53 Å². The Hall–Kier alpha value is -1.79. The minimum atomic E-state index is -0.549. The quantitative estimate of drug-likeness (QED) is 0.145. The van der Waals surface area contributed by atoms with Crippen molar-refractivity contribution in [1.29, 1.82) is 0 Å². The lowest BCUT2D eigenvalue weighted by Crippen LogP contribution is -2.49. The fraction of sp³-hybridized carbons (Fsp3) is 0.789. The standard InChI is InChI=1S/C19H36N6O4.HI/c1-6-8-9-14(12-23-18(28)29-19(3,4)5)24-16(20-7-2)21-10-11-25-15(26)13-22-17(25)27;/h14H,6-13H2,1-5H3,(H,22,27)(H,23,28)(H2,20,21,24);1H. The molecule has 0 aromatic rings. The van der Waals surface area contributed by atoms with Crippen LogP contribution in [0.2, 0.25) is 0 Å². The predicted octanol–water partition coefficient (Wildman–Crippen LogP) is 1.79. The van der Waals surface area contributed by atoms with Gasteiger partial charge in [0.05, 0.1) is 19.6 Å². The van der Waals surface area contributed by atoms with Gasteiger partial charge in [-0.1, -0.05) is 19.8 Å². The Kier molecular flexibility index (Phi) is 13.4. The number of ether oxygens (including phenoxy) is 1. The number of imide groups is 1. The van der Waals surface area contributed by atoms with Crippen molar-refractivity contribution in [3.8, 4) is 0 Å². The lowest BCUT2D eigenvalue weighted by Gasteiger charge is -2.24.